The van der Waals surface area contributed by atoms with Gasteiger partial charge in [0.05, 0.1) is 19.8 Å². The molecule has 55 heavy (non-hydrogen) atoms. The lowest BCUT2D eigenvalue weighted by Crippen LogP contribution is -2.67. The number of aliphatic hydroxyl groups is 10. The van der Waals surface area contributed by atoms with Gasteiger partial charge in [-0.05, 0) is 18.2 Å². The van der Waals surface area contributed by atoms with E-state index in [1.165, 1.54) is 6.07 Å². The van der Waals surface area contributed by atoms with Crippen LogP contribution in [-0.2, 0) is 23.7 Å². The van der Waals surface area contributed by atoms with Crippen molar-refractivity contribution >= 4 is 11.0 Å². The molecule has 0 unspecified atom stereocenters. The molecule has 0 aliphatic carbocycles. The maximum Gasteiger partial charge on any atom is 0.239 e. The fraction of sp³-hybridized carbons (Fsp3) is 0.545. The highest BCUT2D eigenvalue weighted by Crippen LogP contribution is 2.40. The Hall–Kier alpha value is -3.95. The van der Waals surface area contributed by atoms with Gasteiger partial charge in [0, 0.05) is 17.7 Å². The molecule has 0 saturated carbocycles. The van der Waals surface area contributed by atoms with E-state index in [4.69, 9.17) is 32.8 Å². The Bertz CT molecular complexity index is 1870. The highest BCUT2D eigenvalue weighted by Gasteiger charge is 2.54. The van der Waals surface area contributed by atoms with E-state index in [0.29, 0.717) is 0 Å². The Morgan fingerprint density at radius 1 is 0.564 bits per heavy atom. The van der Waals surface area contributed by atoms with Gasteiger partial charge < -0.3 is 104 Å². The van der Waals surface area contributed by atoms with Crippen LogP contribution in [0.1, 0.15) is 0 Å². The minimum atomic E-state index is -2.12. The zero-order chi connectivity index (χ0) is 40.0. The summed E-state index contributed by atoms with van der Waals surface area (Å²) in [7, 11) is 0. The van der Waals surface area contributed by atoms with E-state index in [-0.39, 0.29) is 11.1 Å². The minimum absolute atomic E-state index is 0.133. The second kappa shape index (κ2) is 16.3. The molecule has 0 spiro atoms. The molecule has 14 N–H and O–H groups in total. The molecule has 2 aromatic carbocycles. The zero-order valence-corrected chi connectivity index (χ0v) is 28.2. The van der Waals surface area contributed by atoms with Crippen molar-refractivity contribution in [3.05, 3.63) is 40.6 Å². The van der Waals surface area contributed by atoms with Gasteiger partial charge in [0.25, 0.3) is 0 Å². The Balaban J connectivity index is 1.41. The normalized spacial score (nSPS) is 36.9. The standard InChI is InChI=1S/C33H40O22/c34-6-15-19(41)23(45)26(48)31(50-15)54-29-24(46)20(42)17(8-36)52-33(29)55-30-25(47)21(43)16(7-35)51-32(30)53-28-22(44)18-13(40)4-10(37)5-14(18)49-27(28)9-1-2-11(38)12(39)3-9/h1-5,15-17,19-21,23-26,29-43,45-48H,6-8H2/t15-,16-,17+,19+,20+,21+,23-,24+,25-,26+,29-,30+,31+,32+,33-/m1/s1. The van der Waals surface area contributed by atoms with Gasteiger partial charge in [0.15, 0.2) is 35.9 Å². The quantitative estimate of drug-likeness (QED) is 0.0856. The van der Waals surface area contributed by atoms with Crippen molar-refractivity contribution in [2.45, 2.75) is 92.1 Å². The smallest absolute Gasteiger partial charge is 0.239 e. The van der Waals surface area contributed by atoms with Crippen LogP contribution in [0.25, 0.3) is 22.3 Å². The fourth-order valence-electron chi connectivity index (χ4n) is 6.44. The maximum absolute atomic E-state index is 14.0. The number of fused-ring (bicyclic) bond motifs is 1. The summed E-state index contributed by atoms with van der Waals surface area (Å²) in [5.41, 5.74) is -1.66. The van der Waals surface area contributed by atoms with E-state index in [9.17, 15) is 76.3 Å². The second-order valence-electron chi connectivity index (χ2n) is 13.1. The highest BCUT2D eigenvalue weighted by atomic mass is 16.8. The van der Waals surface area contributed by atoms with E-state index >= 15 is 0 Å². The van der Waals surface area contributed by atoms with Crippen LogP contribution in [0.2, 0.25) is 0 Å². The van der Waals surface area contributed by atoms with Gasteiger partial charge in [-0.1, -0.05) is 0 Å². The molecular weight excluding hydrogens is 748 g/mol. The molecular formula is C33H40O22. The predicted molar refractivity (Wildman–Crippen MR) is 174 cm³/mol. The summed E-state index contributed by atoms with van der Waals surface area (Å²) < 4.78 is 40.0. The van der Waals surface area contributed by atoms with Crippen molar-refractivity contribution in [1.29, 1.82) is 0 Å². The first-order valence-electron chi connectivity index (χ1n) is 16.7. The summed E-state index contributed by atoms with van der Waals surface area (Å²) >= 11 is 0. The third-order valence-corrected chi connectivity index (χ3v) is 9.47. The van der Waals surface area contributed by atoms with Crippen LogP contribution in [0, 0.1) is 0 Å². The van der Waals surface area contributed by atoms with E-state index in [2.05, 4.69) is 0 Å². The van der Waals surface area contributed by atoms with Crippen LogP contribution in [0.3, 0.4) is 0 Å². The number of phenolic OH excluding ortho intramolecular Hbond substituents is 4. The lowest BCUT2D eigenvalue weighted by Gasteiger charge is -2.48. The van der Waals surface area contributed by atoms with Crippen molar-refractivity contribution in [3.63, 3.8) is 0 Å². The average molecular weight is 789 g/mol. The van der Waals surface area contributed by atoms with Gasteiger partial charge in [-0.15, -0.1) is 0 Å². The molecule has 15 atom stereocenters. The second-order valence-corrected chi connectivity index (χ2v) is 13.1. The first kappa shape index (κ1) is 40.7. The molecule has 0 radical (unpaired) electrons. The van der Waals surface area contributed by atoms with Crippen LogP contribution < -0.4 is 10.2 Å². The van der Waals surface area contributed by atoms with Gasteiger partial charge in [0.1, 0.15) is 89.6 Å². The first-order valence-corrected chi connectivity index (χ1v) is 16.7. The van der Waals surface area contributed by atoms with Gasteiger partial charge >= 0.3 is 0 Å². The Morgan fingerprint density at radius 2 is 1.09 bits per heavy atom. The summed E-state index contributed by atoms with van der Waals surface area (Å²) in [5.74, 6) is -3.88. The first-order chi connectivity index (χ1) is 26.1. The predicted octanol–water partition coefficient (Wildman–Crippen LogP) is -4.89. The summed E-state index contributed by atoms with van der Waals surface area (Å²) in [6.07, 6.45) is -28.7. The van der Waals surface area contributed by atoms with Gasteiger partial charge in [-0.3, -0.25) is 4.79 Å². The van der Waals surface area contributed by atoms with Gasteiger partial charge in [-0.2, -0.15) is 0 Å². The van der Waals surface area contributed by atoms with Crippen LogP contribution >= 0.6 is 0 Å². The number of hydrogen-bond acceptors (Lipinski definition) is 22. The SMILES string of the molecule is O=c1c(O[C@@H]2O[C@H](CO)[C@H](O)[C@@H](O)[C@@H]2O[C@H]2O[C@@H](CO)[C@H](O)[C@H](O)[C@H]2O[C@@H]2O[C@H](CO)[C@H](O)[C@@H](O)[C@@H]2O)c(-c2ccc(O)c(O)c2)oc2cc(O)cc(O)c12. The van der Waals surface area contributed by atoms with Crippen molar-refractivity contribution < 1.29 is 104 Å². The highest BCUT2D eigenvalue weighted by molar-refractivity contribution is 5.88. The van der Waals surface area contributed by atoms with Gasteiger partial charge in [0.2, 0.25) is 17.5 Å². The largest absolute Gasteiger partial charge is 0.508 e. The van der Waals surface area contributed by atoms with Crippen LogP contribution in [0.4, 0.5) is 0 Å². The third-order valence-electron chi connectivity index (χ3n) is 9.47. The molecule has 0 bridgehead atoms. The molecule has 22 nitrogen and oxygen atoms in total. The summed E-state index contributed by atoms with van der Waals surface area (Å²) in [5, 5.41) is 145. The number of hydrogen-bond donors (Lipinski definition) is 14. The molecule has 0 amide bonds. The summed E-state index contributed by atoms with van der Waals surface area (Å²) in [4.78, 5) is 14.0. The fourth-order valence-corrected chi connectivity index (χ4v) is 6.44. The van der Waals surface area contributed by atoms with Crippen molar-refractivity contribution in [2.75, 3.05) is 19.8 Å². The summed E-state index contributed by atoms with van der Waals surface area (Å²) in [6, 6.07) is 4.95. The molecule has 6 rings (SSSR count). The van der Waals surface area contributed by atoms with Crippen molar-refractivity contribution in [2.24, 2.45) is 0 Å². The van der Waals surface area contributed by atoms with Crippen LogP contribution in [0.5, 0.6) is 28.7 Å². The van der Waals surface area contributed by atoms with E-state index in [1.54, 1.807) is 0 Å². The number of aromatic hydroxyl groups is 4. The lowest BCUT2D eigenvalue weighted by molar-refractivity contribution is -0.389. The van der Waals surface area contributed by atoms with E-state index in [1.807, 2.05) is 0 Å². The van der Waals surface area contributed by atoms with Crippen LogP contribution in [-0.4, -0.2) is 183 Å². The molecule has 1 aromatic heterocycles. The van der Waals surface area contributed by atoms with E-state index < -0.39 is 157 Å². The van der Waals surface area contributed by atoms with E-state index in [0.717, 1.165) is 24.3 Å². The molecule has 3 fully saturated rings. The molecule has 4 heterocycles. The number of rotatable bonds is 10. The van der Waals surface area contributed by atoms with Crippen molar-refractivity contribution in [1.82, 2.24) is 0 Å². The maximum atomic E-state index is 14.0. The Morgan fingerprint density at radius 3 is 1.67 bits per heavy atom. The van der Waals surface area contributed by atoms with Crippen molar-refractivity contribution in [3.8, 4) is 40.1 Å². The van der Waals surface area contributed by atoms with Gasteiger partial charge in [-0.25, -0.2) is 0 Å². The third kappa shape index (κ3) is 7.63. The number of phenols is 4. The molecule has 22 heteroatoms. The topological polar surface area (TPSA) is 369 Å². The number of aliphatic hydroxyl groups excluding tert-OH is 10. The molecule has 3 aromatic rings. The number of ether oxygens (including phenoxy) is 6. The molecule has 304 valence electrons. The zero-order valence-electron chi connectivity index (χ0n) is 28.2. The monoisotopic (exact) mass is 788 g/mol. The molecule has 3 aliphatic heterocycles. The average Bonchev–Trinajstić information content (AvgIpc) is 3.15. The Labute approximate surface area is 307 Å². The summed E-state index contributed by atoms with van der Waals surface area (Å²) in [6.45, 7) is -2.76. The lowest BCUT2D eigenvalue weighted by atomic mass is 9.96. The Kier molecular flexibility index (Phi) is 12.0. The molecule has 3 saturated heterocycles. The number of benzene rings is 2. The minimum Gasteiger partial charge on any atom is -0.508 e. The van der Waals surface area contributed by atoms with Crippen LogP contribution in [0.15, 0.2) is 39.5 Å². The molecule has 3 aliphatic rings.